The standard InChI is InChI=1S/C13H19F2NO/c1-2-8-17-9-4-7-16-10-11-5-3-6-12(14)13(11)15/h3,5-6,16H,2,4,7-10H2,1H3. The van der Waals surface area contributed by atoms with Gasteiger partial charge < -0.3 is 10.1 Å². The van der Waals surface area contributed by atoms with Crippen LogP contribution in [0, 0.1) is 11.6 Å². The molecule has 2 nitrogen and oxygen atoms in total. The summed E-state index contributed by atoms with van der Waals surface area (Å²) in [6.45, 7) is 4.62. The predicted molar refractivity (Wildman–Crippen MR) is 63.8 cm³/mol. The van der Waals surface area contributed by atoms with Gasteiger partial charge in [-0.05, 0) is 25.5 Å². The molecule has 0 saturated carbocycles. The molecule has 0 unspecified atom stereocenters. The molecular formula is C13H19F2NO. The van der Waals surface area contributed by atoms with Crippen LogP contribution in [0.5, 0.6) is 0 Å². The number of hydrogen-bond acceptors (Lipinski definition) is 2. The quantitative estimate of drug-likeness (QED) is 0.709. The van der Waals surface area contributed by atoms with Gasteiger partial charge in [-0.2, -0.15) is 0 Å². The zero-order valence-corrected chi connectivity index (χ0v) is 10.1. The van der Waals surface area contributed by atoms with Crippen molar-refractivity contribution in [3.8, 4) is 0 Å². The lowest BCUT2D eigenvalue weighted by molar-refractivity contribution is 0.132. The highest BCUT2D eigenvalue weighted by Gasteiger charge is 2.06. The first-order valence-corrected chi connectivity index (χ1v) is 5.97. The molecule has 1 aromatic rings. The van der Waals surface area contributed by atoms with E-state index in [1.807, 2.05) is 0 Å². The van der Waals surface area contributed by atoms with E-state index in [0.717, 1.165) is 32.1 Å². The average Bonchev–Trinajstić information content (AvgIpc) is 2.33. The summed E-state index contributed by atoms with van der Waals surface area (Å²) in [5, 5.41) is 3.06. The van der Waals surface area contributed by atoms with E-state index >= 15 is 0 Å². The summed E-state index contributed by atoms with van der Waals surface area (Å²) in [6.07, 6.45) is 1.89. The SMILES string of the molecule is CCCOCCCNCc1cccc(F)c1F. The summed E-state index contributed by atoms with van der Waals surface area (Å²) in [4.78, 5) is 0. The summed E-state index contributed by atoms with van der Waals surface area (Å²) in [5.41, 5.74) is 0.361. The molecule has 1 aromatic carbocycles. The molecule has 0 atom stereocenters. The molecule has 4 heteroatoms. The third-order valence-electron chi connectivity index (χ3n) is 2.34. The minimum absolute atomic E-state index is 0.345. The number of benzene rings is 1. The van der Waals surface area contributed by atoms with Crippen molar-refractivity contribution in [2.75, 3.05) is 19.8 Å². The van der Waals surface area contributed by atoms with Crippen LogP contribution < -0.4 is 5.32 Å². The van der Waals surface area contributed by atoms with Crippen LogP contribution in [-0.2, 0) is 11.3 Å². The van der Waals surface area contributed by atoms with E-state index in [-0.39, 0.29) is 0 Å². The van der Waals surface area contributed by atoms with Crippen LogP contribution in [0.4, 0.5) is 8.78 Å². The lowest BCUT2D eigenvalue weighted by Crippen LogP contribution is -2.17. The molecule has 0 spiro atoms. The Kier molecular flexibility index (Phi) is 6.74. The number of rotatable bonds is 8. The monoisotopic (exact) mass is 243 g/mol. The van der Waals surface area contributed by atoms with Gasteiger partial charge in [0.25, 0.3) is 0 Å². The fraction of sp³-hybridized carbons (Fsp3) is 0.538. The zero-order valence-electron chi connectivity index (χ0n) is 10.1. The summed E-state index contributed by atoms with van der Waals surface area (Å²) in [5.74, 6) is -1.56. The molecule has 0 fully saturated rings. The van der Waals surface area contributed by atoms with Gasteiger partial charge in [0.05, 0.1) is 0 Å². The second-order valence-corrected chi connectivity index (χ2v) is 3.86. The molecule has 0 aliphatic rings. The van der Waals surface area contributed by atoms with E-state index < -0.39 is 11.6 Å². The summed E-state index contributed by atoms with van der Waals surface area (Å²) >= 11 is 0. The Morgan fingerprint density at radius 2 is 2.06 bits per heavy atom. The van der Waals surface area contributed by atoms with E-state index in [4.69, 9.17) is 4.74 Å². The lowest BCUT2D eigenvalue weighted by atomic mass is 10.2. The Labute approximate surface area is 101 Å². The number of halogens is 2. The Bertz CT molecular complexity index is 331. The van der Waals surface area contributed by atoms with Crippen molar-refractivity contribution in [3.05, 3.63) is 35.4 Å². The van der Waals surface area contributed by atoms with Crippen LogP contribution in [0.15, 0.2) is 18.2 Å². The lowest BCUT2D eigenvalue weighted by Gasteiger charge is -2.06. The van der Waals surface area contributed by atoms with Gasteiger partial charge in [0.15, 0.2) is 11.6 Å². The van der Waals surface area contributed by atoms with Crippen molar-refractivity contribution in [3.63, 3.8) is 0 Å². The van der Waals surface area contributed by atoms with Crippen molar-refractivity contribution in [1.29, 1.82) is 0 Å². The molecule has 0 radical (unpaired) electrons. The average molecular weight is 243 g/mol. The maximum Gasteiger partial charge on any atom is 0.163 e. The van der Waals surface area contributed by atoms with E-state index in [1.54, 1.807) is 6.07 Å². The maximum atomic E-state index is 13.2. The van der Waals surface area contributed by atoms with Gasteiger partial charge in [0.2, 0.25) is 0 Å². The molecule has 96 valence electrons. The summed E-state index contributed by atoms with van der Waals surface area (Å²) in [7, 11) is 0. The first kappa shape index (κ1) is 14.1. The minimum Gasteiger partial charge on any atom is -0.381 e. The molecular weight excluding hydrogens is 224 g/mol. The van der Waals surface area contributed by atoms with Gasteiger partial charge >= 0.3 is 0 Å². The number of hydrogen-bond donors (Lipinski definition) is 1. The highest BCUT2D eigenvalue weighted by Crippen LogP contribution is 2.10. The highest BCUT2D eigenvalue weighted by atomic mass is 19.2. The first-order valence-electron chi connectivity index (χ1n) is 5.97. The van der Waals surface area contributed by atoms with Crippen LogP contribution in [0.3, 0.4) is 0 Å². The van der Waals surface area contributed by atoms with Gasteiger partial charge in [-0.25, -0.2) is 8.78 Å². The summed E-state index contributed by atoms with van der Waals surface area (Å²) in [6, 6.07) is 4.22. The normalized spacial score (nSPS) is 10.8. The van der Waals surface area contributed by atoms with Crippen LogP contribution >= 0.6 is 0 Å². The van der Waals surface area contributed by atoms with Gasteiger partial charge in [-0.1, -0.05) is 19.1 Å². The molecule has 0 saturated heterocycles. The predicted octanol–water partition coefficient (Wildman–Crippen LogP) is 2.87. The van der Waals surface area contributed by atoms with Crippen molar-refractivity contribution < 1.29 is 13.5 Å². The van der Waals surface area contributed by atoms with Gasteiger partial charge in [-0.3, -0.25) is 0 Å². The molecule has 0 heterocycles. The van der Waals surface area contributed by atoms with Gasteiger partial charge in [0.1, 0.15) is 0 Å². The fourth-order valence-electron chi connectivity index (χ4n) is 1.45. The third-order valence-corrected chi connectivity index (χ3v) is 2.34. The molecule has 0 aromatic heterocycles. The largest absolute Gasteiger partial charge is 0.381 e. The number of ether oxygens (including phenoxy) is 1. The smallest absolute Gasteiger partial charge is 0.163 e. The summed E-state index contributed by atoms with van der Waals surface area (Å²) < 4.78 is 31.4. The topological polar surface area (TPSA) is 21.3 Å². The molecule has 1 N–H and O–H groups in total. The van der Waals surface area contributed by atoms with Crippen LogP contribution in [0.2, 0.25) is 0 Å². The second kappa shape index (κ2) is 8.14. The van der Waals surface area contributed by atoms with Crippen molar-refractivity contribution >= 4 is 0 Å². The Hall–Kier alpha value is -1.00. The second-order valence-electron chi connectivity index (χ2n) is 3.86. The fourth-order valence-corrected chi connectivity index (χ4v) is 1.45. The molecule has 0 aliphatic carbocycles. The number of nitrogens with one attached hydrogen (secondary N) is 1. The molecule has 0 amide bonds. The maximum absolute atomic E-state index is 13.2. The van der Waals surface area contributed by atoms with E-state index in [2.05, 4.69) is 12.2 Å². The molecule has 17 heavy (non-hydrogen) atoms. The van der Waals surface area contributed by atoms with Crippen LogP contribution in [0.1, 0.15) is 25.3 Å². The highest BCUT2D eigenvalue weighted by molar-refractivity contribution is 5.18. The van der Waals surface area contributed by atoms with Gasteiger partial charge in [0, 0.05) is 25.3 Å². The van der Waals surface area contributed by atoms with Crippen molar-refractivity contribution in [2.45, 2.75) is 26.3 Å². The molecule has 0 aliphatic heterocycles. The van der Waals surface area contributed by atoms with Crippen molar-refractivity contribution in [2.24, 2.45) is 0 Å². The molecule has 0 bridgehead atoms. The Morgan fingerprint density at radius 3 is 2.82 bits per heavy atom. The van der Waals surface area contributed by atoms with Crippen LogP contribution in [-0.4, -0.2) is 19.8 Å². The van der Waals surface area contributed by atoms with Crippen LogP contribution in [0.25, 0.3) is 0 Å². The van der Waals surface area contributed by atoms with Crippen molar-refractivity contribution in [1.82, 2.24) is 5.32 Å². The third kappa shape index (κ3) is 5.24. The Morgan fingerprint density at radius 1 is 1.24 bits per heavy atom. The van der Waals surface area contributed by atoms with E-state index in [1.165, 1.54) is 6.07 Å². The Balaban J connectivity index is 2.16. The molecule has 1 rings (SSSR count). The van der Waals surface area contributed by atoms with E-state index in [0.29, 0.717) is 18.7 Å². The van der Waals surface area contributed by atoms with Gasteiger partial charge in [-0.15, -0.1) is 0 Å². The first-order chi connectivity index (χ1) is 8.25. The minimum atomic E-state index is -0.796. The zero-order chi connectivity index (χ0) is 12.5. The van der Waals surface area contributed by atoms with E-state index in [9.17, 15) is 8.78 Å².